The number of nitrogens with zero attached hydrogens (tertiary/aromatic N) is 1. The molecule has 0 saturated carbocycles. The van der Waals surface area contributed by atoms with E-state index in [0.29, 0.717) is 13.2 Å². The minimum atomic E-state index is -4.67. The highest BCUT2D eigenvalue weighted by molar-refractivity contribution is 7.79. The van der Waals surface area contributed by atoms with E-state index in [0.717, 1.165) is 35.4 Å². The monoisotopic (exact) mass is 361 g/mol. The standard InChI is InChI=1S/C15H25N3O.H2O4S/c1-3-4-5-6-15(18-19-10-9-16)13-8-7-12(2)14(17)11-13;1-5(2,3)4/h7-8,11H,3-6,9-10,16-17H2,1-2H3;(H2,1,2,3,4)/b18-15+;. The second kappa shape index (κ2) is 11.8. The van der Waals surface area contributed by atoms with Gasteiger partial charge in [-0.3, -0.25) is 9.11 Å². The Morgan fingerprint density at radius 1 is 1.29 bits per heavy atom. The molecule has 0 amide bonds. The zero-order valence-electron chi connectivity index (χ0n) is 14.1. The van der Waals surface area contributed by atoms with Crippen LogP contribution in [0.4, 0.5) is 5.69 Å². The fourth-order valence-corrected chi connectivity index (χ4v) is 1.78. The Morgan fingerprint density at radius 3 is 2.42 bits per heavy atom. The fourth-order valence-electron chi connectivity index (χ4n) is 1.78. The van der Waals surface area contributed by atoms with Gasteiger partial charge in [-0.05, 0) is 31.4 Å². The molecule has 1 aromatic rings. The zero-order chi connectivity index (χ0) is 18.6. The van der Waals surface area contributed by atoms with Crippen LogP contribution in [0.5, 0.6) is 0 Å². The van der Waals surface area contributed by atoms with Crippen molar-refractivity contribution >= 4 is 21.8 Å². The number of hydrogen-bond donors (Lipinski definition) is 4. The molecule has 0 aliphatic carbocycles. The molecule has 0 heterocycles. The van der Waals surface area contributed by atoms with Crippen LogP contribution >= 0.6 is 0 Å². The SMILES string of the molecule is CCCCC/C(=N\OCCN)c1ccc(C)c(N)c1.O=S(=O)(O)O. The molecule has 0 atom stereocenters. The van der Waals surface area contributed by atoms with Crippen molar-refractivity contribution in [1.29, 1.82) is 0 Å². The van der Waals surface area contributed by atoms with Gasteiger partial charge in [0.05, 0.1) is 5.71 Å². The Labute approximate surface area is 143 Å². The van der Waals surface area contributed by atoms with Crippen molar-refractivity contribution in [2.24, 2.45) is 10.9 Å². The smallest absolute Gasteiger partial charge is 0.394 e. The molecule has 0 aliphatic rings. The van der Waals surface area contributed by atoms with Crippen LogP contribution in [0.1, 0.15) is 43.7 Å². The van der Waals surface area contributed by atoms with Crippen molar-refractivity contribution in [1.82, 2.24) is 0 Å². The Balaban J connectivity index is 0.000000922. The maximum atomic E-state index is 8.74. The molecule has 9 heteroatoms. The minimum absolute atomic E-state index is 0.443. The third-order valence-electron chi connectivity index (χ3n) is 3.01. The third-order valence-corrected chi connectivity index (χ3v) is 3.01. The molecule has 0 unspecified atom stereocenters. The average molecular weight is 361 g/mol. The van der Waals surface area contributed by atoms with E-state index in [-0.39, 0.29) is 0 Å². The highest BCUT2D eigenvalue weighted by Gasteiger charge is 2.06. The molecule has 24 heavy (non-hydrogen) atoms. The summed E-state index contributed by atoms with van der Waals surface area (Å²) < 4.78 is 31.6. The summed E-state index contributed by atoms with van der Waals surface area (Å²) in [5, 5.41) is 4.21. The lowest BCUT2D eigenvalue weighted by Crippen LogP contribution is -2.09. The summed E-state index contributed by atoms with van der Waals surface area (Å²) in [4.78, 5) is 5.22. The van der Waals surface area contributed by atoms with Gasteiger partial charge < -0.3 is 16.3 Å². The number of anilines is 1. The van der Waals surface area contributed by atoms with Gasteiger partial charge in [0, 0.05) is 17.8 Å². The lowest BCUT2D eigenvalue weighted by atomic mass is 10.0. The van der Waals surface area contributed by atoms with Crippen LogP contribution in [0.15, 0.2) is 23.4 Å². The first kappa shape index (κ1) is 22.3. The van der Waals surface area contributed by atoms with Gasteiger partial charge in [0.15, 0.2) is 0 Å². The second-order valence-electron chi connectivity index (χ2n) is 5.14. The van der Waals surface area contributed by atoms with Gasteiger partial charge in [0.1, 0.15) is 6.61 Å². The van der Waals surface area contributed by atoms with Crippen molar-refractivity contribution in [2.45, 2.75) is 39.5 Å². The number of unbranched alkanes of at least 4 members (excludes halogenated alkanes) is 2. The molecule has 1 aromatic carbocycles. The lowest BCUT2D eigenvalue weighted by molar-refractivity contribution is 0.152. The molecule has 8 nitrogen and oxygen atoms in total. The fraction of sp³-hybridized carbons (Fsp3) is 0.533. The summed E-state index contributed by atoms with van der Waals surface area (Å²) in [6.07, 6.45) is 4.39. The number of hydrogen-bond acceptors (Lipinski definition) is 6. The zero-order valence-corrected chi connectivity index (χ0v) is 14.9. The Hall–Kier alpha value is -1.68. The van der Waals surface area contributed by atoms with Gasteiger partial charge in [-0.15, -0.1) is 0 Å². The highest BCUT2D eigenvalue weighted by atomic mass is 32.3. The van der Waals surface area contributed by atoms with Crippen LogP contribution in [0.2, 0.25) is 0 Å². The number of rotatable bonds is 8. The Morgan fingerprint density at radius 2 is 1.92 bits per heavy atom. The molecule has 0 aliphatic heterocycles. The van der Waals surface area contributed by atoms with Crippen molar-refractivity contribution in [3.63, 3.8) is 0 Å². The topological polar surface area (TPSA) is 148 Å². The first-order chi connectivity index (χ1) is 11.2. The van der Waals surface area contributed by atoms with E-state index >= 15 is 0 Å². The van der Waals surface area contributed by atoms with E-state index < -0.39 is 10.4 Å². The van der Waals surface area contributed by atoms with Crippen LogP contribution in [-0.2, 0) is 15.2 Å². The quantitative estimate of drug-likeness (QED) is 0.182. The molecule has 0 bridgehead atoms. The van der Waals surface area contributed by atoms with E-state index in [2.05, 4.69) is 12.1 Å². The second-order valence-corrected chi connectivity index (χ2v) is 6.03. The number of nitrogen functional groups attached to an aromatic ring is 1. The summed E-state index contributed by atoms with van der Waals surface area (Å²) in [5.41, 5.74) is 15.2. The lowest BCUT2D eigenvalue weighted by Gasteiger charge is -2.09. The molecule has 6 N–H and O–H groups in total. The number of nitrogens with two attached hydrogens (primary N) is 2. The molecule has 0 radical (unpaired) electrons. The van der Waals surface area contributed by atoms with Gasteiger partial charge in [0.25, 0.3) is 0 Å². The van der Waals surface area contributed by atoms with Crippen LogP contribution in [0.25, 0.3) is 0 Å². The van der Waals surface area contributed by atoms with E-state index in [1.807, 2.05) is 25.1 Å². The number of oxime groups is 1. The molecule has 0 aromatic heterocycles. The third kappa shape index (κ3) is 11.8. The first-order valence-corrected chi connectivity index (χ1v) is 9.04. The molecule has 0 saturated heterocycles. The number of aryl methyl sites for hydroxylation is 1. The molecule has 0 fully saturated rings. The van der Waals surface area contributed by atoms with Crippen molar-refractivity contribution < 1.29 is 22.4 Å². The van der Waals surface area contributed by atoms with E-state index in [9.17, 15) is 0 Å². The van der Waals surface area contributed by atoms with Crippen molar-refractivity contribution in [2.75, 3.05) is 18.9 Å². The summed E-state index contributed by atoms with van der Waals surface area (Å²) in [5.74, 6) is 0. The average Bonchev–Trinajstić information content (AvgIpc) is 2.47. The van der Waals surface area contributed by atoms with Gasteiger partial charge in [-0.2, -0.15) is 8.42 Å². The predicted octanol–water partition coefficient (Wildman–Crippen LogP) is 2.18. The Kier molecular flexibility index (Phi) is 11.0. The number of benzene rings is 1. The van der Waals surface area contributed by atoms with Crippen molar-refractivity contribution in [3.05, 3.63) is 29.3 Å². The molecular weight excluding hydrogens is 334 g/mol. The largest absolute Gasteiger partial charge is 0.398 e. The van der Waals surface area contributed by atoms with Gasteiger partial charge in [-0.1, -0.05) is 37.1 Å². The summed E-state index contributed by atoms with van der Waals surface area (Å²) in [6.45, 7) is 5.10. The van der Waals surface area contributed by atoms with Crippen LogP contribution in [-0.4, -0.2) is 36.4 Å². The normalized spacial score (nSPS) is 11.6. The highest BCUT2D eigenvalue weighted by Crippen LogP contribution is 2.16. The molecule has 1 rings (SSSR count). The van der Waals surface area contributed by atoms with E-state index in [1.54, 1.807) is 0 Å². The van der Waals surface area contributed by atoms with Gasteiger partial charge in [0.2, 0.25) is 0 Å². The maximum Gasteiger partial charge on any atom is 0.394 e. The molecule has 0 spiro atoms. The summed E-state index contributed by atoms with van der Waals surface area (Å²) in [7, 11) is -4.67. The molecule has 138 valence electrons. The minimum Gasteiger partial charge on any atom is -0.398 e. The van der Waals surface area contributed by atoms with Crippen molar-refractivity contribution in [3.8, 4) is 0 Å². The summed E-state index contributed by atoms with van der Waals surface area (Å²) in [6, 6.07) is 6.02. The van der Waals surface area contributed by atoms with Gasteiger partial charge >= 0.3 is 10.4 Å². The summed E-state index contributed by atoms with van der Waals surface area (Å²) >= 11 is 0. The molecular formula is C15H27N3O5S. The van der Waals surface area contributed by atoms with E-state index in [1.165, 1.54) is 12.8 Å². The predicted molar refractivity (Wildman–Crippen MR) is 95.5 cm³/mol. The van der Waals surface area contributed by atoms with Crippen LogP contribution in [0.3, 0.4) is 0 Å². The van der Waals surface area contributed by atoms with Gasteiger partial charge in [-0.25, -0.2) is 0 Å². The maximum absolute atomic E-state index is 8.74. The Bertz CT molecular complexity index is 610. The van der Waals surface area contributed by atoms with Crippen LogP contribution in [0, 0.1) is 6.92 Å². The van der Waals surface area contributed by atoms with Crippen LogP contribution < -0.4 is 11.5 Å². The van der Waals surface area contributed by atoms with E-state index in [4.69, 9.17) is 33.8 Å². The first-order valence-electron chi connectivity index (χ1n) is 7.64.